The fraction of sp³-hybridized carbons (Fsp3) is 0.316. The topological polar surface area (TPSA) is 88.3 Å². The monoisotopic (exact) mass is 338 g/mol. The average molecular weight is 338 g/mol. The molecule has 1 aromatic heterocycles. The van der Waals surface area contributed by atoms with Gasteiger partial charge in [0, 0.05) is 32.4 Å². The van der Waals surface area contributed by atoms with E-state index in [1.165, 1.54) is 29.5 Å². The molecule has 1 aliphatic rings. The highest BCUT2D eigenvalue weighted by atomic mass is 16.2. The van der Waals surface area contributed by atoms with Crippen molar-refractivity contribution in [1.29, 1.82) is 0 Å². The molecule has 0 aliphatic carbocycles. The Bertz CT molecular complexity index is 758. The molecule has 2 aromatic rings. The highest BCUT2D eigenvalue weighted by Crippen LogP contribution is 2.18. The number of amides is 2. The van der Waals surface area contributed by atoms with Crippen LogP contribution in [0, 0.1) is 0 Å². The number of hydrogen-bond donors (Lipinski definition) is 2. The molecule has 25 heavy (non-hydrogen) atoms. The van der Waals surface area contributed by atoms with Crippen molar-refractivity contribution in [1.82, 2.24) is 15.2 Å². The molecule has 0 saturated heterocycles. The SMILES string of the molecule is NC(=O)c1ccc(C(=O)NCCCN2CCc3ccccc3C2)nc1. The lowest BCUT2D eigenvalue weighted by atomic mass is 10.00. The Morgan fingerprint density at radius 2 is 1.96 bits per heavy atom. The highest BCUT2D eigenvalue weighted by molar-refractivity contribution is 5.95. The van der Waals surface area contributed by atoms with Crippen LogP contribution in [0.15, 0.2) is 42.6 Å². The number of benzene rings is 1. The number of primary amides is 1. The summed E-state index contributed by atoms with van der Waals surface area (Å²) in [5.74, 6) is -0.789. The molecule has 0 spiro atoms. The number of pyridine rings is 1. The second-order valence-electron chi connectivity index (χ2n) is 6.20. The number of fused-ring (bicyclic) bond motifs is 1. The molecule has 3 rings (SSSR count). The Morgan fingerprint density at radius 3 is 2.68 bits per heavy atom. The van der Waals surface area contributed by atoms with E-state index in [4.69, 9.17) is 5.73 Å². The van der Waals surface area contributed by atoms with Gasteiger partial charge in [0.25, 0.3) is 5.91 Å². The van der Waals surface area contributed by atoms with Crippen molar-refractivity contribution >= 4 is 11.8 Å². The normalized spacial score (nSPS) is 13.9. The van der Waals surface area contributed by atoms with E-state index in [9.17, 15) is 9.59 Å². The van der Waals surface area contributed by atoms with Gasteiger partial charge >= 0.3 is 0 Å². The highest BCUT2D eigenvalue weighted by Gasteiger charge is 2.15. The zero-order valence-electron chi connectivity index (χ0n) is 14.1. The maximum absolute atomic E-state index is 12.0. The minimum absolute atomic E-state index is 0.236. The molecule has 0 radical (unpaired) electrons. The van der Waals surface area contributed by atoms with E-state index in [2.05, 4.69) is 39.5 Å². The minimum Gasteiger partial charge on any atom is -0.366 e. The Balaban J connectivity index is 1.41. The summed E-state index contributed by atoms with van der Waals surface area (Å²) in [6.45, 7) is 3.57. The van der Waals surface area contributed by atoms with Gasteiger partial charge in [0.05, 0.1) is 5.56 Å². The standard InChI is InChI=1S/C19H22N4O2/c20-18(24)15-6-7-17(22-12-15)19(25)21-9-3-10-23-11-8-14-4-1-2-5-16(14)13-23/h1-2,4-7,12H,3,8-11,13H2,(H2,20,24)(H,21,25). The summed E-state index contributed by atoms with van der Waals surface area (Å²) < 4.78 is 0. The number of aromatic nitrogens is 1. The predicted molar refractivity (Wildman–Crippen MR) is 95.1 cm³/mol. The Labute approximate surface area is 147 Å². The molecule has 0 saturated carbocycles. The average Bonchev–Trinajstić information content (AvgIpc) is 2.65. The summed E-state index contributed by atoms with van der Waals surface area (Å²) in [7, 11) is 0. The summed E-state index contributed by atoms with van der Waals surface area (Å²) >= 11 is 0. The molecule has 1 aliphatic heterocycles. The summed E-state index contributed by atoms with van der Waals surface area (Å²) in [4.78, 5) is 29.4. The van der Waals surface area contributed by atoms with Crippen molar-refractivity contribution < 1.29 is 9.59 Å². The summed E-state index contributed by atoms with van der Waals surface area (Å²) in [5.41, 5.74) is 8.58. The van der Waals surface area contributed by atoms with Crippen LogP contribution in [0.1, 0.15) is 38.4 Å². The number of carbonyl (C=O) groups is 2. The first-order chi connectivity index (χ1) is 12.1. The van der Waals surface area contributed by atoms with Gasteiger partial charge in [-0.1, -0.05) is 24.3 Å². The zero-order chi connectivity index (χ0) is 17.6. The van der Waals surface area contributed by atoms with Crippen LogP contribution >= 0.6 is 0 Å². The Kier molecular flexibility index (Phi) is 5.40. The number of rotatable bonds is 6. The van der Waals surface area contributed by atoms with Crippen LogP contribution in [-0.2, 0) is 13.0 Å². The van der Waals surface area contributed by atoms with Crippen LogP contribution in [0.25, 0.3) is 0 Å². The van der Waals surface area contributed by atoms with E-state index < -0.39 is 5.91 Å². The van der Waals surface area contributed by atoms with Gasteiger partial charge in [-0.25, -0.2) is 0 Å². The second kappa shape index (κ2) is 7.90. The summed E-state index contributed by atoms with van der Waals surface area (Å²) in [6, 6.07) is 11.6. The second-order valence-corrected chi connectivity index (χ2v) is 6.20. The molecule has 130 valence electrons. The third-order valence-electron chi connectivity index (χ3n) is 4.43. The van der Waals surface area contributed by atoms with Crippen LogP contribution in [0.5, 0.6) is 0 Å². The van der Waals surface area contributed by atoms with Gasteiger partial charge in [-0.05, 0) is 36.1 Å². The van der Waals surface area contributed by atoms with Crippen LogP contribution in [0.3, 0.4) is 0 Å². The lowest BCUT2D eigenvalue weighted by molar-refractivity contribution is 0.0943. The molecular formula is C19H22N4O2. The van der Waals surface area contributed by atoms with Crippen molar-refractivity contribution in [3.63, 3.8) is 0 Å². The fourth-order valence-corrected chi connectivity index (χ4v) is 3.01. The minimum atomic E-state index is -0.553. The first-order valence-electron chi connectivity index (χ1n) is 8.46. The van der Waals surface area contributed by atoms with Crippen LogP contribution < -0.4 is 11.1 Å². The van der Waals surface area contributed by atoms with Gasteiger partial charge in [0.2, 0.25) is 5.91 Å². The number of nitrogens with zero attached hydrogens (tertiary/aromatic N) is 2. The van der Waals surface area contributed by atoms with Gasteiger partial charge in [-0.15, -0.1) is 0 Å². The molecule has 0 atom stereocenters. The molecule has 6 nitrogen and oxygen atoms in total. The van der Waals surface area contributed by atoms with E-state index >= 15 is 0 Å². The Hall–Kier alpha value is -2.73. The molecular weight excluding hydrogens is 316 g/mol. The van der Waals surface area contributed by atoms with E-state index in [-0.39, 0.29) is 11.6 Å². The molecule has 2 heterocycles. The number of nitrogens with two attached hydrogens (primary N) is 1. The summed E-state index contributed by atoms with van der Waals surface area (Å²) in [6.07, 6.45) is 3.29. The first-order valence-corrected chi connectivity index (χ1v) is 8.46. The van der Waals surface area contributed by atoms with Crippen molar-refractivity contribution in [3.8, 4) is 0 Å². The van der Waals surface area contributed by atoms with Gasteiger partial charge in [-0.2, -0.15) is 0 Å². The first kappa shape index (κ1) is 17.1. The maximum atomic E-state index is 12.0. The van der Waals surface area contributed by atoms with E-state index in [0.29, 0.717) is 12.1 Å². The molecule has 3 N–H and O–H groups in total. The van der Waals surface area contributed by atoms with E-state index in [1.54, 1.807) is 0 Å². The van der Waals surface area contributed by atoms with E-state index in [0.717, 1.165) is 32.5 Å². The molecule has 0 bridgehead atoms. The largest absolute Gasteiger partial charge is 0.366 e. The number of hydrogen-bond acceptors (Lipinski definition) is 4. The lowest BCUT2D eigenvalue weighted by Gasteiger charge is -2.28. The van der Waals surface area contributed by atoms with E-state index in [1.807, 2.05) is 0 Å². The third kappa shape index (κ3) is 4.42. The van der Waals surface area contributed by atoms with Gasteiger partial charge in [0.15, 0.2) is 0 Å². The number of carbonyl (C=O) groups excluding carboxylic acids is 2. The van der Waals surface area contributed by atoms with Crippen molar-refractivity contribution in [2.24, 2.45) is 5.73 Å². The fourth-order valence-electron chi connectivity index (χ4n) is 3.01. The van der Waals surface area contributed by atoms with Crippen molar-refractivity contribution in [2.75, 3.05) is 19.6 Å². The van der Waals surface area contributed by atoms with Gasteiger partial charge in [0.1, 0.15) is 5.69 Å². The van der Waals surface area contributed by atoms with Crippen molar-refractivity contribution in [2.45, 2.75) is 19.4 Å². The van der Waals surface area contributed by atoms with Crippen molar-refractivity contribution in [3.05, 3.63) is 65.0 Å². The maximum Gasteiger partial charge on any atom is 0.269 e. The van der Waals surface area contributed by atoms with Crippen LogP contribution in [-0.4, -0.2) is 41.3 Å². The van der Waals surface area contributed by atoms with Gasteiger partial charge in [-0.3, -0.25) is 19.5 Å². The Morgan fingerprint density at radius 1 is 1.16 bits per heavy atom. The van der Waals surface area contributed by atoms with Crippen LogP contribution in [0.2, 0.25) is 0 Å². The van der Waals surface area contributed by atoms with Crippen LogP contribution in [0.4, 0.5) is 0 Å². The third-order valence-corrected chi connectivity index (χ3v) is 4.43. The number of nitrogens with one attached hydrogen (secondary N) is 1. The smallest absolute Gasteiger partial charge is 0.269 e. The lowest BCUT2D eigenvalue weighted by Crippen LogP contribution is -2.33. The molecule has 1 aromatic carbocycles. The molecule has 2 amide bonds. The zero-order valence-corrected chi connectivity index (χ0v) is 14.1. The molecule has 0 unspecified atom stereocenters. The van der Waals surface area contributed by atoms with Gasteiger partial charge < -0.3 is 11.1 Å². The predicted octanol–water partition coefficient (Wildman–Crippen LogP) is 1.36. The molecule has 0 fully saturated rings. The molecule has 6 heteroatoms. The summed E-state index contributed by atoms with van der Waals surface area (Å²) in [5, 5.41) is 2.86. The quantitative estimate of drug-likeness (QED) is 0.779.